The van der Waals surface area contributed by atoms with E-state index in [1.54, 1.807) is 19.2 Å². The first-order chi connectivity index (χ1) is 10.1. The number of aliphatic hydroxyl groups excluding tert-OH is 1. The molecule has 118 valence electrons. The second-order valence-corrected chi connectivity index (χ2v) is 4.83. The van der Waals surface area contributed by atoms with Crippen molar-refractivity contribution in [2.24, 2.45) is 0 Å². The van der Waals surface area contributed by atoms with Gasteiger partial charge in [-0.15, -0.1) is 0 Å². The molecule has 1 unspecified atom stereocenters. The van der Waals surface area contributed by atoms with Crippen molar-refractivity contribution in [1.29, 1.82) is 0 Å². The van der Waals surface area contributed by atoms with E-state index < -0.39 is 0 Å². The first-order valence-corrected chi connectivity index (χ1v) is 6.93. The molecule has 6 heteroatoms. The lowest BCUT2D eigenvalue weighted by Crippen LogP contribution is -2.40. The molecule has 0 saturated carbocycles. The molecule has 0 saturated heterocycles. The summed E-state index contributed by atoms with van der Waals surface area (Å²) in [7, 11) is 1.59. The molecule has 0 bridgehead atoms. The fraction of sp³-hybridized carbons (Fsp3) is 0.533. The smallest absolute Gasteiger partial charge is 0.234 e. The molecule has 0 heterocycles. The molecule has 0 spiro atoms. The van der Waals surface area contributed by atoms with Crippen LogP contribution in [0.3, 0.4) is 0 Å². The summed E-state index contributed by atoms with van der Waals surface area (Å²) in [6, 6.07) is 5.84. The molecule has 0 aliphatic heterocycles. The van der Waals surface area contributed by atoms with E-state index in [9.17, 15) is 9.18 Å². The molecule has 1 aromatic rings. The minimum Gasteiger partial charge on any atom is -0.395 e. The Morgan fingerprint density at radius 3 is 2.62 bits per heavy atom. The number of ether oxygens (including phenoxy) is 1. The van der Waals surface area contributed by atoms with Crippen molar-refractivity contribution in [1.82, 2.24) is 10.2 Å². The number of nitrogens with one attached hydrogen (secondary N) is 1. The Morgan fingerprint density at radius 1 is 1.38 bits per heavy atom. The monoisotopic (exact) mass is 298 g/mol. The maximum Gasteiger partial charge on any atom is 0.234 e. The van der Waals surface area contributed by atoms with E-state index in [1.165, 1.54) is 12.1 Å². The van der Waals surface area contributed by atoms with E-state index in [4.69, 9.17) is 9.84 Å². The van der Waals surface area contributed by atoms with Crippen LogP contribution in [0.5, 0.6) is 0 Å². The Morgan fingerprint density at radius 2 is 2.05 bits per heavy atom. The average molecular weight is 298 g/mol. The minimum atomic E-state index is -0.300. The highest BCUT2D eigenvalue weighted by Gasteiger charge is 2.13. The van der Waals surface area contributed by atoms with Gasteiger partial charge < -0.3 is 15.2 Å². The average Bonchev–Trinajstić information content (AvgIpc) is 2.45. The van der Waals surface area contributed by atoms with Gasteiger partial charge in [-0.2, -0.15) is 0 Å². The molecular formula is C15H23FN2O3. The second kappa shape index (κ2) is 9.44. The SMILES string of the molecule is COCCN(CCO)CC(=O)NC(C)c1ccc(F)cc1. The van der Waals surface area contributed by atoms with Crippen molar-refractivity contribution in [2.75, 3.05) is 40.0 Å². The van der Waals surface area contributed by atoms with Crippen LogP contribution in [-0.4, -0.2) is 55.9 Å². The fourth-order valence-electron chi connectivity index (χ4n) is 1.96. The topological polar surface area (TPSA) is 61.8 Å². The Labute approximate surface area is 124 Å². The molecule has 1 rings (SSSR count). The number of halogens is 1. The zero-order valence-electron chi connectivity index (χ0n) is 12.5. The van der Waals surface area contributed by atoms with Crippen LogP contribution in [0.15, 0.2) is 24.3 Å². The first kappa shape index (κ1) is 17.6. The van der Waals surface area contributed by atoms with Crippen molar-refractivity contribution in [2.45, 2.75) is 13.0 Å². The highest BCUT2D eigenvalue weighted by atomic mass is 19.1. The number of benzene rings is 1. The standard InChI is InChI=1S/C15H23FN2O3/c1-12(13-3-5-14(16)6-4-13)17-15(20)11-18(7-9-19)8-10-21-2/h3-6,12,19H,7-11H2,1-2H3,(H,17,20). The van der Waals surface area contributed by atoms with Crippen LogP contribution in [0.4, 0.5) is 4.39 Å². The largest absolute Gasteiger partial charge is 0.395 e. The molecule has 2 N–H and O–H groups in total. The number of rotatable bonds is 9. The quantitative estimate of drug-likeness (QED) is 0.712. The Hall–Kier alpha value is -1.50. The molecule has 0 aliphatic carbocycles. The summed E-state index contributed by atoms with van der Waals surface area (Å²) in [6.07, 6.45) is 0. The van der Waals surface area contributed by atoms with Gasteiger partial charge in [-0.25, -0.2) is 4.39 Å². The van der Waals surface area contributed by atoms with E-state index >= 15 is 0 Å². The van der Waals surface area contributed by atoms with Crippen LogP contribution in [0.1, 0.15) is 18.5 Å². The van der Waals surface area contributed by atoms with E-state index in [2.05, 4.69) is 5.32 Å². The molecule has 0 aromatic heterocycles. The van der Waals surface area contributed by atoms with E-state index in [0.717, 1.165) is 5.56 Å². The molecule has 0 aliphatic rings. The second-order valence-electron chi connectivity index (χ2n) is 4.83. The van der Waals surface area contributed by atoms with Gasteiger partial charge in [-0.3, -0.25) is 9.69 Å². The third-order valence-corrected chi connectivity index (χ3v) is 3.14. The lowest BCUT2D eigenvalue weighted by atomic mass is 10.1. The number of aliphatic hydroxyl groups is 1. The summed E-state index contributed by atoms with van der Waals surface area (Å²) in [5.41, 5.74) is 0.843. The van der Waals surface area contributed by atoms with Gasteiger partial charge in [0.15, 0.2) is 0 Å². The van der Waals surface area contributed by atoms with Crippen LogP contribution in [0, 0.1) is 5.82 Å². The van der Waals surface area contributed by atoms with Gasteiger partial charge in [0, 0.05) is 20.2 Å². The van der Waals surface area contributed by atoms with Gasteiger partial charge in [-0.05, 0) is 24.6 Å². The van der Waals surface area contributed by atoms with E-state index in [1.807, 2.05) is 11.8 Å². The number of hydrogen-bond acceptors (Lipinski definition) is 4. The van der Waals surface area contributed by atoms with Gasteiger partial charge >= 0.3 is 0 Å². The van der Waals surface area contributed by atoms with Gasteiger partial charge in [0.25, 0.3) is 0 Å². The predicted molar refractivity (Wildman–Crippen MR) is 78.4 cm³/mol. The number of nitrogens with zero attached hydrogens (tertiary/aromatic N) is 1. The number of hydrogen-bond donors (Lipinski definition) is 2. The molecular weight excluding hydrogens is 275 g/mol. The maximum atomic E-state index is 12.9. The lowest BCUT2D eigenvalue weighted by molar-refractivity contribution is -0.123. The summed E-state index contributed by atoms with van der Waals surface area (Å²) < 4.78 is 17.8. The van der Waals surface area contributed by atoms with Crippen molar-refractivity contribution < 1.29 is 19.0 Å². The summed E-state index contributed by atoms with van der Waals surface area (Å²) >= 11 is 0. The first-order valence-electron chi connectivity index (χ1n) is 6.93. The summed E-state index contributed by atoms with van der Waals surface area (Å²) in [5, 5.41) is 11.8. The van der Waals surface area contributed by atoms with Gasteiger partial charge in [0.2, 0.25) is 5.91 Å². The molecule has 0 radical (unpaired) electrons. The summed E-state index contributed by atoms with van der Waals surface area (Å²) in [4.78, 5) is 13.8. The molecule has 1 amide bonds. The zero-order chi connectivity index (χ0) is 15.7. The summed E-state index contributed by atoms with van der Waals surface area (Å²) in [6.45, 7) is 3.52. The van der Waals surface area contributed by atoms with E-state index in [0.29, 0.717) is 19.7 Å². The highest BCUT2D eigenvalue weighted by molar-refractivity contribution is 5.78. The van der Waals surface area contributed by atoms with Gasteiger partial charge in [-0.1, -0.05) is 12.1 Å². The fourth-order valence-corrected chi connectivity index (χ4v) is 1.96. The maximum absolute atomic E-state index is 12.9. The van der Waals surface area contributed by atoms with Crippen LogP contribution < -0.4 is 5.32 Å². The molecule has 1 atom stereocenters. The van der Waals surface area contributed by atoms with Crippen LogP contribution in [0.2, 0.25) is 0 Å². The number of carbonyl (C=O) groups is 1. The number of methoxy groups -OCH3 is 1. The van der Waals surface area contributed by atoms with Gasteiger partial charge in [0.1, 0.15) is 5.82 Å². The highest BCUT2D eigenvalue weighted by Crippen LogP contribution is 2.12. The number of carbonyl (C=O) groups excluding carboxylic acids is 1. The van der Waals surface area contributed by atoms with Crippen LogP contribution >= 0.6 is 0 Å². The Bertz CT molecular complexity index is 425. The van der Waals surface area contributed by atoms with Crippen molar-refractivity contribution in [3.8, 4) is 0 Å². The van der Waals surface area contributed by atoms with Gasteiger partial charge in [0.05, 0.1) is 25.8 Å². The number of amides is 1. The lowest BCUT2D eigenvalue weighted by Gasteiger charge is -2.22. The van der Waals surface area contributed by atoms with Crippen LogP contribution in [0.25, 0.3) is 0 Å². The third-order valence-electron chi connectivity index (χ3n) is 3.14. The predicted octanol–water partition coefficient (Wildman–Crippen LogP) is 0.944. The Kier molecular flexibility index (Phi) is 7.89. The van der Waals surface area contributed by atoms with Crippen molar-refractivity contribution in [3.63, 3.8) is 0 Å². The summed E-state index contributed by atoms with van der Waals surface area (Å²) in [5.74, 6) is -0.442. The molecule has 1 aromatic carbocycles. The van der Waals surface area contributed by atoms with Crippen molar-refractivity contribution >= 4 is 5.91 Å². The molecule has 21 heavy (non-hydrogen) atoms. The van der Waals surface area contributed by atoms with E-state index in [-0.39, 0.29) is 30.9 Å². The normalized spacial score (nSPS) is 12.4. The Balaban J connectivity index is 2.48. The molecule has 5 nitrogen and oxygen atoms in total. The van der Waals surface area contributed by atoms with Crippen LogP contribution in [-0.2, 0) is 9.53 Å². The third kappa shape index (κ3) is 6.66. The zero-order valence-corrected chi connectivity index (χ0v) is 12.5. The van der Waals surface area contributed by atoms with Crippen molar-refractivity contribution in [3.05, 3.63) is 35.6 Å². The molecule has 0 fully saturated rings. The minimum absolute atomic E-state index is 0.00941.